The van der Waals surface area contributed by atoms with E-state index in [0.717, 1.165) is 17.0 Å². The first-order valence-corrected chi connectivity index (χ1v) is 7.83. The standard InChI is InChI=1S/C19H19NO4/c1-12-10-20(11-14-3-5-15(6-4-14)19(22)23)17-9-16(13(2)21)7-8-18(17)24-12/h3-9,12H,10-11H2,1-2H3,(H,22,23). The molecule has 124 valence electrons. The molecule has 2 aromatic rings. The number of fused-ring (bicyclic) bond motifs is 1. The van der Waals surface area contributed by atoms with Crippen molar-refractivity contribution in [3.8, 4) is 5.75 Å². The van der Waals surface area contributed by atoms with Crippen LogP contribution in [0.4, 0.5) is 5.69 Å². The SMILES string of the molecule is CC(=O)c1ccc2c(c1)N(Cc1ccc(C(=O)O)cc1)CC(C)O2. The molecule has 0 fully saturated rings. The highest BCUT2D eigenvalue weighted by Crippen LogP contribution is 2.35. The maximum absolute atomic E-state index is 11.6. The maximum atomic E-state index is 11.6. The molecule has 3 rings (SSSR count). The Bertz CT molecular complexity index is 782. The smallest absolute Gasteiger partial charge is 0.335 e. The molecule has 1 atom stereocenters. The first-order valence-electron chi connectivity index (χ1n) is 7.83. The molecule has 0 radical (unpaired) electrons. The van der Waals surface area contributed by atoms with Crippen LogP contribution in [0.3, 0.4) is 0 Å². The highest BCUT2D eigenvalue weighted by Gasteiger charge is 2.24. The van der Waals surface area contributed by atoms with Gasteiger partial charge in [0.1, 0.15) is 11.9 Å². The number of hydrogen-bond donors (Lipinski definition) is 1. The second-order valence-electron chi connectivity index (χ2n) is 6.05. The van der Waals surface area contributed by atoms with E-state index in [0.29, 0.717) is 18.7 Å². The lowest BCUT2D eigenvalue weighted by molar-refractivity contribution is 0.0696. The van der Waals surface area contributed by atoms with Crippen molar-refractivity contribution in [3.63, 3.8) is 0 Å². The lowest BCUT2D eigenvalue weighted by Gasteiger charge is -2.35. The Labute approximate surface area is 140 Å². The Hall–Kier alpha value is -2.82. The van der Waals surface area contributed by atoms with E-state index in [1.54, 1.807) is 25.1 Å². The van der Waals surface area contributed by atoms with Crippen LogP contribution in [0.2, 0.25) is 0 Å². The Morgan fingerprint density at radius 2 is 1.83 bits per heavy atom. The Kier molecular flexibility index (Phi) is 4.25. The van der Waals surface area contributed by atoms with Gasteiger partial charge >= 0.3 is 5.97 Å². The largest absolute Gasteiger partial charge is 0.487 e. The molecule has 5 nitrogen and oxygen atoms in total. The van der Waals surface area contributed by atoms with E-state index in [1.165, 1.54) is 0 Å². The minimum absolute atomic E-state index is 0.0159. The van der Waals surface area contributed by atoms with Gasteiger partial charge in [-0.2, -0.15) is 0 Å². The van der Waals surface area contributed by atoms with Gasteiger partial charge in [-0.15, -0.1) is 0 Å². The molecule has 1 heterocycles. The van der Waals surface area contributed by atoms with E-state index in [9.17, 15) is 9.59 Å². The molecule has 2 aromatic carbocycles. The van der Waals surface area contributed by atoms with Crippen LogP contribution < -0.4 is 9.64 Å². The number of benzene rings is 2. The minimum Gasteiger partial charge on any atom is -0.487 e. The van der Waals surface area contributed by atoms with Gasteiger partial charge in [0.15, 0.2) is 5.78 Å². The molecule has 1 aliphatic rings. The van der Waals surface area contributed by atoms with E-state index < -0.39 is 5.97 Å². The number of ketones is 1. The van der Waals surface area contributed by atoms with Gasteiger partial charge in [-0.25, -0.2) is 4.79 Å². The Balaban J connectivity index is 1.89. The van der Waals surface area contributed by atoms with Gasteiger partial charge in [-0.05, 0) is 49.7 Å². The van der Waals surface area contributed by atoms with E-state index >= 15 is 0 Å². The molecule has 1 unspecified atom stereocenters. The highest BCUT2D eigenvalue weighted by molar-refractivity contribution is 5.95. The third kappa shape index (κ3) is 3.25. The van der Waals surface area contributed by atoms with Crippen LogP contribution in [0.25, 0.3) is 0 Å². The van der Waals surface area contributed by atoms with Gasteiger partial charge in [0.25, 0.3) is 0 Å². The second kappa shape index (κ2) is 6.35. The lowest BCUT2D eigenvalue weighted by atomic mass is 10.1. The Morgan fingerprint density at radius 1 is 1.17 bits per heavy atom. The molecule has 5 heteroatoms. The third-order valence-corrected chi connectivity index (χ3v) is 4.09. The molecule has 24 heavy (non-hydrogen) atoms. The fourth-order valence-corrected chi connectivity index (χ4v) is 2.87. The summed E-state index contributed by atoms with van der Waals surface area (Å²) in [7, 11) is 0. The van der Waals surface area contributed by atoms with E-state index in [2.05, 4.69) is 4.90 Å². The van der Waals surface area contributed by atoms with Crippen molar-refractivity contribution >= 4 is 17.4 Å². The summed E-state index contributed by atoms with van der Waals surface area (Å²) in [5, 5.41) is 8.99. The summed E-state index contributed by atoms with van der Waals surface area (Å²) in [5.74, 6) is -0.152. The molecule has 1 aliphatic heterocycles. The summed E-state index contributed by atoms with van der Waals surface area (Å²) in [4.78, 5) is 24.8. The normalized spacial score (nSPS) is 16.2. The predicted octanol–water partition coefficient (Wildman–Crippen LogP) is 3.37. The summed E-state index contributed by atoms with van der Waals surface area (Å²) in [6.45, 7) is 4.88. The van der Waals surface area contributed by atoms with Crippen LogP contribution in [0.1, 0.15) is 40.1 Å². The number of carbonyl (C=O) groups excluding carboxylic acids is 1. The second-order valence-corrected chi connectivity index (χ2v) is 6.05. The number of rotatable bonds is 4. The van der Waals surface area contributed by atoms with Gasteiger partial charge < -0.3 is 14.7 Å². The zero-order chi connectivity index (χ0) is 17.3. The monoisotopic (exact) mass is 325 g/mol. The van der Waals surface area contributed by atoms with Crippen molar-refractivity contribution in [3.05, 3.63) is 59.2 Å². The van der Waals surface area contributed by atoms with Crippen molar-refractivity contribution in [2.75, 3.05) is 11.4 Å². The molecule has 0 spiro atoms. The topological polar surface area (TPSA) is 66.8 Å². The van der Waals surface area contributed by atoms with Gasteiger partial charge in [-0.3, -0.25) is 4.79 Å². The van der Waals surface area contributed by atoms with Gasteiger partial charge in [0, 0.05) is 12.1 Å². The Morgan fingerprint density at radius 3 is 2.46 bits per heavy atom. The number of carboxylic acids is 1. The third-order valence-electron chi connectivity index (χ3n) is 4.09. The molecular weight excluding hydrogens is 306 g/mol. The van der Waals surface area contributed by atoms with Crippen molar-refractivity contribution in [2.45, 2.75) is 26.5 Å². The molecule has 1 N–H and O–H groups in total. The van der Waals surface area contributed by atoms with Crippen LogP contribution in [0.15, 0.2) is 42.5 Å². The van der Waals surface area contributed by atoms with Gasteiger partial charge in [0.05, 0.1) is 17.8 Å². The minimum atomic E-state index is -0.932. The molecule has 0 amide bonds. The quantitative estimate of drug-likeness (QED) is 0.873. The molecule has 0 bridgehead atoms. The van der Waals surface area contributed by atoms with Crippen LogP contribution in [0, 0.1) is 0 Å². The summed E-state index contributed by atoms with van der Waals surface area (Å²) in [6, 6.07) is 12.3. The first-order chi connectivity index (χ1) is 11.4. The number of nitrogens with zero attached hydrogens (tertiary/aromatic N) is 1. The first kappa shape index (κ1) is 16.1. The summed E-state index contributed by atoms with van der Waals surface area (Å²) < 4.78 is 5.85. The van der Waals surface area contributed by atoms with Crippen LogP contribution >= 0.6 is 0 Å². The van der Waals surface area contributed by atoms with Gasteiger partial charge in [-0.1, -0.05) is 12.1 Å². The lowest BCUT2D eigenvalue weighted by Crippen LogP contribution is -2.38. The zero-order valence-electron chi connectivity index (χ0n) is 13.7. The molecule has 0 aromatic heterocycles. The van der Waals surface area contributed by atoms with Crippen molar-refractivity contribution in [2.24, 2.45) is 0 Å². The molecular formula is C19H19NO4. The average Bonchev–Trinajstić information content (AvgIpc) is 2.54. The van der Waals surface area contributed by atoms with E-state index in [4.69, 9.17) is 9.84 Å². The number of ether oxygens (including phenoxy) is 1. The number of aromatic carboxylic acids is 1. The highest BCUT2D eigenvalue weighted by atomic mass is 16.5. The van der Waals surface area contributed by atoms with Gasteiger partial charge in [0.2, 0.25) is 0 Å². The van der Waals surface area contributed by atoms with E-state index in [1.807, 2.05) is 31.2 Å². The van der Waals surface area contributed by atoms with E-state index in [-0.39, 0.29) is 17.5 Å². The summed E-state index contributed by atoms with van der Waals surface area (Å²) >= 11 is 0. The number of anilines is 1. The van der Waals surface area contributed by atoms with Crippen molar-refractivity contribution < 1.29 is 19.4 Å². The number of Topliss-reactive ketones (excluding diaryl/α,β-unsaturated/α-hetero) is 1. The summed E-state index contributed by atoms with van der Waals surface area (Å²) in [6.07, 6.45) is 0.0407. The molecule has 0 saturated heterocycles. The average molecular weight is 325 g/mol. The number of carbonyl (C=O) groups is 2. The predicted molar refractivity (Wildman–Crippen MR) is 91.0 cm³/mol. The molecule has 0 aliphatic carbocycles. The van der Waals surface area contributed by atoms with Crippen molar-refractivity contribution in [1.82, 2.24) is 0 Å². The van der Waals surface area contributed by atoms with Crippen LogP contribution in [-0.4, -0.2) is 29.5 Å². The summed E-state index contributed by atoms with van der Waals surface area (Å²) in [5.41, 5.74) is 2.82. The maximum Gasteiger partial charge on any atom is 0.335 e. The van der Waals surface area contributed by atoms with Crippen LogP contribution in [-0.2, 0) is 6.54 Å². The molecule has 0 saturated carbocycles. The number of carboxylic acid groups (broad SMARTS) is 1. The zero-order valence-corrected chi connectivity index (χ0v) is 13.7. The van der Waals surface area contributed by atoms with Crippen LogP contribution in [0.5, 0.6) is 5.75 Å². The fraction of sp³-hybridized carbons (Fsp3) is 0.263. The van der Waals surface area contributed by atoms with Crippen molar-refractivity contribution in [1.29, 1.82) is 0 Å². The number of hydrogen-bond acceptors (Lipinski definition) is 4. The fourth-order valence-electron chi connectivity index (χ4n) is 2.87.